The van der Waals surface area contributed by atoms with E-state index in [0.717, 1.165) is 0 Å². The summed E-state index contributed by atoms with van der Waals surface area (Å²) in [6.07, 6.45) is 0. The number of rotatable bonds is 0. The molecular formula is C2H2GeLiSi2. The van der Waals surface area contributed by atoms with Crippen LogP contribution in [0.25, 0.3) is 0 Å². The standard InChI is InChI=1S/C2H2GeSi2.Li/c1-2-4-5-3-1;/h1-2H;/q-1;+1. The molecule has 3 radical (unpaired) electrons. The Kier molecular flexibility index (Phi) is 5.45. The van der Waals surface area contributed by atoms with Crippen LogP contribution in [0.3, 0.4) is 0 Å². The molecule has 0 nitrogen and oxygen atoms in total. The summed E-state index contributed by atoms with van der Waals surface area (Å²) in [5, 5.41) is 0. The Morgan fingerprint density at radius 3 is 2.67 bits per heavy atom. The smallest absolute Gasteiger partial charge is 1.00 e. The van der Waals surface area contributed by atoms with Crippen LogP contribution in [0.15, 0.2) is 10.6 Å². The van der Waals surface area contributed by atoms with Crippen LogP contribution in [-0.2, 0) is 0 Å². The molecular weight excluding hydrogens is 160 g/mol. The van der Waals surface area contributed by atoms with Gasteiger partial charge in [-0.05, 0) is 0 Å². The largest absolute Gasteiger partial charge is 1.00 e. The van der Waals surface area contributed by atoms with Gasteiger partial charge in [0.2, 0.25) is 0 Å². The molecule has 0 N–H and O–H groups in total. The zero-order valence-corrected chi connectivity index (χ0v) is 7.75. The molecule has 0 saturated heterocycles. The van der Waals surface area contributed by atoms with E-state index in [9.17, 15) is 0 Å². The van der Waals surface area contributed by atoms with E-state index in [2.05, 4.69) is 10.6 Å². The summed E-state index contributed by atoms with van der Waals surface area (Å²) in [6.45, 7) is 0. The third kappa shape index (κ3) is 2.48. The predicted molar refractivity (Wildman–Crippen MR) is 26.4 cm³/mol. The molecule has 0 aliphatic carbocycles. The van der Waals surface area contributed by atoms with Crippen molar-refractivity contribution in [2.24, 2.45) is 0 Å². The minimum absolute atomic E-state index is 0. The second kappa shape index (κ2) is 4.47. The van der Waals surface area contributed by atoms with Crippen molar-refractivity contribution < 1.29 is 18.9 Å². The zero-order chi connectivity index (χ0) is 3.54. The molecule has 1 aliphatic rings. The van der Waals surface area contributed by atoms with E-state index in [-0.39, 0.29) is 18.9 Å². The van der Waals surface area contributed by atoms with Crippen molar-refractivity contribution in [3.63, 3.8) is 0 Å². The molecule has 0 aromatic carbocycles. The Balaban J connectivity index is 0.000000250. The van der Waals surface area contributed by atoms with Crippen LogP contribution in [0.4, 0.5) is 0 Å². The second-order valence-electron chi connectivity index (χ2n) is 0.747. The third-order valence-corrected chi connectivity index (χ3v) is 10.1. The van der Waals surface area contributed by atoms with Gasteiger partial charge in [-0.2, -0.15) is 0 Å². The molecule has 0 amide bonds. The van der Waals surface area contributed by atoms with E-state index in [4.69, 9.17) is 0 Å². The summed E-state index contributed by atoms with van der Waals surface area (Å²) < 4.78 is 0. The van der Waals surface area contributed by atoms with Crippen LogP contribution >= 0.6 is 0 Å². The minimum Gasteiger partial charge on any atom is 1.00 e. The molecule has 1 rings (SSSR count). The summed E-state index contributed by atoms with van der Waals surface area (Å²) >= 11 is 0.498. The molecule has 1 heterocycles. The SMILES string of the molecule is C1=[CH][Ge]=[Si][Si-]1.[Li+]. The van der Waals surface area contributed by atoms with E-state index in [0.29, 0.717) is 14.3 Å². The molecule has 0 aromatic heterocycles. The first-order valence-electron chi connectivity index (χ1n) is 1.41. The summed E-state index contributed by atoms with van der Waals surface area (Å²) in [7, 11) is 2.56. The van der Waals surface area contributed by atoms with Gasteiger partial charge in [-0.15, -0.1) is 0 Å². The fraction of sp³-hybridized carbons (Fsp3) is 0. The Morgan fingerprint density at radius 1 is 1.67 bits per heavy atom. The quantitative estimate of drug-likeness (QED) is 0.323. The van der Waals surface area contributed by atoms with E-state index in [1.807, 2.05) is 0 Å². The first kappa shape index (κ1) is 7.31. The normalized spacial score (nSPS) is 13.3. The molecule has 0 atom stereocenters. The van der Waals surface area contributed by atoms with Gasteiger partial charge in [-0.25, -0.2) is 0 Å². The van der Waals surface area contributed by atoms with E-state index >= 15 is 0 Å². The van der Waals surface area contributed by atoms with Crippen molar-refractivity contribution in [2.45, 2.75) is 0 Å². The first-order valence-corrected chi connectivity index (χ1v) is 8.85. The van der Waals surface area contributed by atoms with Gasteiger partial charge >= 0.3 is 59.9 Å². The first-order chi connectivity index (χ1) is 2.50. The maximum absolute atomic E-state index is 2.39. The maximum Gasteiger partial charge on any atom is 1.00 e. The van der Waals surface area contributed by atoms with E-state index in [1.165, 1.54) is 16.1 Å². The van der Waals surface area contributed by atoms with Gasteiger partial charge in [0.05, 0.1) is 0 Å². The fourth-order valence-electron chi connectivity index (χ4n) is 0.208. The van der Waals surface area contributed by atoms with Crippen molar-refractivity contribution in [3.8, 4) is 0 Å². The average Bonchev–Trinajstić information content (AvgIpc) is 1.76. The zero-order valence-electron chi connectivity index (χ0n) is 3.65. The van der Waals surface area contributed by atoms with Crippen LogP contribution in [-0.4, -0.2) is 30.4 Å². The van der Waals surface area contributed by atoms with Gasteiger partial charge < -0.3 is 0 Å². The van der Waals surface area contributed by atoms with E-state index in [1.54, 1.807) is 0 Å². The molecule has 1 aliphatic heterocycles. The Bertz CT molecular complexity index is 69.6. The van der Waals surface area contributed by atoms with Crippen molar-refractivity contribution in [1.29, 1.82) is 0 Å². The van der Waals surface area contributed by atoms with Crippen LogP contribution in [0.5, 0.6) is 0 Å². The molecule has 0 aromatic rings. The Hall–Kier alpha value is 1.31. The second-order valence-corrected chi connectivity index (χ2v) is 10.8. The van der Waals surface area contributed by atoms with Crippen LogP contribution in [0, 0.1) is 0 Å². The third-order valence-electron chi connectivity index (χ3n) is 0.394. The van der Waals surface area contributed by atoms with Gasteiger partial charge in [-0.3, -0.25) is 0 Å². The molecule has 6 heavy (non-hydrogen) atoms. The molecule has 23 valence electrons. The van der Waals surface area contributed by atoms with Gasteiger partial charge in [0.25, 0.3) is 0 Å². The van der Waals surface area contributed by atoms with Gasteiger partial charge in [-0.1, -0.05) is 0 Å². The minimum atomic E-state index is 0. The van der Waals surface area contributed by atoms with Crippen molar-refractivity contribution in [1.82, 2.24) is 0 Å². The summed E-state index contributed by atoms with van der Waals surface area (Å²) in [4.78, 5) is 2.39. The monoisotopic (exact) mass is 163 g/mol. The molecule has 0 spiro atoms. The topological polar surface area (TPSA) is 0 Å². The Labute approximate surface area is 59.7 Å². The number of hydrogen-bond donors (Lipinski definition) is 0. The van der Waals surface area contributed by atoms with Gasteiger partial charge in [0.1, 0.15) is 0 Å². The average molecular weight is 162 g/mol. The van der Waals surface area contributed by atoms with Crippen LogP contribution in [0.2, 0.25) is 0 Å². The van der Waals surface area contributed by atoms with Crippen LogP contribution < -0.4 is 18.9 Å². The molecule has 0 fully saturated rings. The predicted octanol–water partition coefficient (Wildman–Crippen LogP) is -3.58. The molecule has 4 heteroatoms. The van der Waals surface area contributed by atoms with E-state index < -0.39 is 0 Å². The van der Waals surface area contributed by atoms with Crippen molar-refractivity contribution in [3.05, 3.63) is 10.6 Å². The molecule has 0 saturated carbocycles. The van der Waals surface area contributed by atoms with Gasteiger partial charge in [0.15, 0.2) is 0 Å². The van der Waals surface area contributed by atoms with Crippen molar-refractivity contribution in [2.75, 3.05) is 0 Å². The molecule has 0 unspecified atom stereocenters. The summed E-state index contributed by atoms with van der Waals surface area (Å²) in [6, 6.07) is 0. The fourth-order valence-corrected chi connectivity index (χ4v) is 9.74. The van der Waals surface area contributed by atoms with Gasteiger partial charge in [0, 0.05) is 0 Å². The molecule has 0 bridgehead atoms. The maximum atomic E-state index is 2.39. The van der Waals surface area contributed by atoms with Crippen LogP contribution in [0.1, 0.15) is 0 Å². The summed E-state index contributed by atoms with van der Waals surface area (Å²) in [5.74, 6) is 0. The summed E-state index contributed by atoms with van der Waals surface area (Å²) in [5.41, 5.74) is 2.33. The Morgan fingerprint density at radius 2 is 2.50 bits per heavy atom. The van der Waals surface area contributed by atoms with Crippen molar-refractivity contribution >= 4 is 30.4 Å². The number of hydrogen-bond acceptors (Lipinski definition) is 0.